The summed E-state index contributed by atoms with van der Waals surface area (Å²) in [6.45, 7) is 4.79. The number of esters is 1. The Kier molecular flexibility index (Phi) is 4.07. The van der Waals surface area contributed by atoms with Gasteiger partial charge in [0.25, 0.3) is 0 Å². The van der Waals surface area contributed by atoms with Crippen LogP contribution in [0.4, 0.5) is 5.95 Å². The summed E-state index contributed by atoms with van der Waals surface area (Å²) in [5.74, 6) is 0.712. The van der Waals surface area contributed by atoms with Crippen molar-refractivity contribution in [3.8, 4) is 5.82 Å². The Labute approximate surface area is 110 Å². The molecule has 2 heterocycles. The van der Waals surface area contributed by atoms with Gasteiger partial charge in [0.1, 0.15) is 0 Å². The molecule has 0 aromatic carbocycles. The summed E-state index contributed by atoms with van der Waals surface area (Å²) in [6, 6.07) is 1.71. The van der Waals surface area contributed by atoms with Crippen molar-refractivity contribution in [2.75, 3.05) is 18.5 Å². The first-order chi connectivity index (χ1) is 9.24. The highest BCUT2D eigenvalue weighted by Gasteiger charge is 2.10. The van der Waals surface area contributed by atoms with E-state index in [0.29, 0.717) is 23.9 Å². The van der Waals surface area contributed by atoms with Gasteiger partial charge >= 0.3 is 5.97 Å². The van der Waals surface area contributed by atoms with Crippen molar-refractivity contribution in [3.05, 3.63) is 30.2 Å². The fraction of sp³-hybridized carbons (Fsp3) is 0.333. The summed E-state index contributed by atoms with van der Waals surface area (Å²) in [5.41, 5.74) is 0.394. The lowest BCUT2D eigenvalue weighted by molar-refractivity contribution is 0.0526. The SMILES string of the molecule is CCNc1nccc(-n2cc(C(=O)OCC)cn2)n1. The van der Waals surface area contributed by atoms with Gasteiger partial charge in [-0.05, 0) is 13.8 Å². The van der Waals surface area contributed by atoms with Crippen LogP contribution in [0.25, 0.3) is 5.82 Å². The highest BCUT2D eigenvalue weighted by atomic mass is 16.5. The number of carbonyl (C=O) groups is 1. The molecule has 19 heavy (non-hydrogen) atoms. The molecule has 0 saturated carbocycles. The van der Waals surface area contributed by atoms with Gasteiger partial charge in [-0.25, -0.2) is 14.5 Å². The lowest BCUT2D eigenvalue weighted by Gasteiger charge is -2.03. The lowest BCUT2D eigenvalue weighted by Crippen LogP contribution is -2.06. The number of anilines is 1. The second-order valence-corrected chi connectivity index (χ2v) is 3.66. The van der Waals surface area contributed by atoms with Gasteiger partial charge in [-0.2, -0.15) is 10.1 Å². The van der Waals surface area contributed by atoms with E-state index in [4.69, 9.17) is 4.74 Å². The molecule has 2 aromatic heterocycles. The highest BCUT2D eigenvalue weighted by Crippen LogP contribution is 2.08. The Morgan fingerprint density at radius 2 is 2.32 bits per heavy atom. The molecule has 0 amide bonds. The highest BCUT2D eigenvalue weighted by molar-refractivity contribution is 5.88. The summed E-state index contributed by atoms with van der Waals surface area (Å²) < 4.78 is 6.41. The van der Waals surface area contributed by atoms with E-state index in [9.17, 15) is 4.79 Å². The Morgan fingerprint density at radius 1 is 1.47 bits per heavy atom. The van der Waals surface area contributed by atoms with Crippen molar-refractivity contribution < 1.29 is 9.53 Å². The molecule has 7 nitrogen and oxygen atoms in total. The first-order valence-corrected chi connectivity index (χ1v) is 6.03. The van der Waals surface area contributed by atoms with Crippen molar-refractivity contribution in [3.63, 3.8) is 0 Å². The Morgan fingerprint density at radius 3 is 3.05 bits per heavy atom. The molecule has 0 saturated heterocycles. The number of rotatable bonds is 5. The van der Waals surface area contributed by atoms with Crippen molar-refractivity contribution in [1.82, 2.24) is 19.7 Å². The predicted molar refractivity (Wildman–Crippen MR) is 69.3 cm³/mol. The maximum absolute atomic E-state index is 11.5. The topological polar surface area (TPSA) is 81.9 Å². The Bertz CT molecular complexity index is 567. The molecule has 100 valence electrons. The van der Waals surface area contributed by atoms with E-state index in [0.717, 1.165) is 6.54 Å². The van der Waals surface area contributed by atoms with Gasteiger partial charge in [0, 0.05) is 25.0 Å². The minimum atomic E-state index is -0.394. The second kappa shape index (κ2) is 5.94. The third-order valence-corrected chi connectivity index (χ3v) is 2.30. The van der Waals surface area contributed by atoms with Gasteiger partial charge in [-0.1, -0.05) is 0 Å². The van der Waals surface area contributed by atoms with Crippen LogP contribution in [0.5, 0.6) is 0 Å². The summed E-state index contributed by atoms with van der Waals surface area (Å²) in [4.78, 5) is 19.9. The zero-order valence-corrected chi connectivity index (χ0v) is 10.8. The third kappa shape index (κ3) is 3.06. The number of nitrogens with one attached hydrogen (secondary N) is 1. The standard InChI is InChI=1S/C12H15N5O2/c1-3-13-12-14-6-5-10(16-12)17-8-9(7-15-17)11(18)19-4-2/h5-8H,3-4H2,1-2H3,(H,13,14,16). The summed E-state index contributed by atoms with van der Waals surface area (Å²) in [5, 5.41) is 7.10. The first-order valence-electron chi connectivity index (χ1n) is 6.03. The zero-order valence-electron chi connectivity index (χ0n) is 10.8. The van der Waals surface area contributed by atoms with Crippen LogP contribution < -0.4 is 5.32 Å². The summed E-state index contributed by atoms with van der Waals surface area (Å²) >= 11 is 0. The van der Waals surface area contributed by atoms with E-state index in [1.54, 1.807) is 25.4 Å². The molecule has 0 aliphatic heterocycles. The fourth-order valence-corrected chi connectivity index (χ4v) is 1.49. The summed E-state index contributed by atoms with van der Waals surface area (Å²) in [7, 11) is 0. The van der Waals surface area contributed by atoms with Crippen molar-refractivity contribution in [2.45, 2.75) is 13.8 Å². The van der Waals surface area contributed by atoms with E-state index < -0.39 is 5.97 Å². The zero-order chi connectivity index (χ0) is 13.7. The Balaban J connectivity index is 2.22. The van der Waals surface area contributed by atoms with E-state index >= 15 is 0 Å². The molecule has 0 spiro atoms. The lowest BCUT2D eigenvalue weighted by atomic mass is 10.4. The molecular formula is C12H15N5O2. The van der Waals surface area contributed by atoms with Gasteiger partial charge in [0.2, 0.25) is 5.95 Å². The normalized spacial score (nSPS) is 10.2. The second-order valence-electron chi connectivity index (χ2n) is 3.66. The Hall–Kier alpha value is -2.44. The van der Waals surface area contributed by atoms with Crippen LogP contribution in [0, 0.1) is 0 Å². The number of hydrogen-bond acceptors (Lipinski definition) is 6. The molecular weight excluding hydrogens is 246 g/mol. The van der Waals surface area contributed by atoms with Crippen LogP contribution in [-0.4, -0.2) is 38.9 Å². The minimum Gasteiger partial charge on any atom is -0.462 e. The molecule has 7 heteroatoms. The fourth-order valence-electron chi connectivity index (χ4n) is 1.49. The molecule has 0 fully saturated rings. The molecule has 0 aliphatic rings. The van der Waals surface area contributed by atoms with Gasteiger partial charge < -0.3 is 10.1 Å². The van der Waals surface area contributed by atoms with E-state index in [1.807, 2.05) is 6.92 Å². The average Bonchev–Trinajstić information content (AvgIpc) is 2.89. The quantitative estimate of drug-likeness (QED) is 0.816. The van der Waals surface area contributed by atoms with Crippen LogP contribution in [0.1, 0.15) is 24.2 Å². The van der Waals surface area contributed by atoms with E-state index in [-0.39, 0.29) is 0 Å². The molecule has 0 unspecified atom stereocenters. The molecule has 2 aromatic rings. The van der Waals surface area contributed by atoms with Gasteiger partial charge in [-0.15, -0.1) is 0 Å². The van der Waals surface area contributed by atoms with Gasteiger partial charge in [0.15, 0.2) is 5.82 Å². The number of ether oxygens (including phenoxy) is 1. The molecule has 0 radical (unpaired) electrons. The predicted octanol–water partition coefficient (Wildman–Crippen LogP) is 1.27. The molecule has 1 N–H and O–H groups in total. The molecule has 0 atom stereocenters. The van der Waals surface area contributed by atoms with E-state index in [1.165, 1.54) is 10.9 Å². The third-order valence-electron chi connectivity index (χ3n) is 2.30. The monoisotopic (exact) mass is 261 g/mol. The largest absolute Gasteiger partial charge is 0.462 e. The van der Waals surface area contributed by atoms with Crippen molar-refractivity contribution >= 4 is 11.9 Å². The number of nitrogens with zero attached hydrogens (tertiary/aromatic N) is 4. The van der Waals surface area contributed by atoms with E-state index in [2.05, 4.69) is 20.4 Å². The van der Waals surface area contributed by atoms with Crippen LogP contribution in [0.15, 0.2) is 24.7 Å². The number of carbonyl (C=O) groups excluding carboxylic acids is 1. The maximum atomic E-state index is 11.5. The minimum absolute atomic E-state index is 0.335. The average molecular weight is 261 g/mol. The van der Waals surface area contributed by atoms with Crippen LogP contribution in [-0.2, 0) is 4.74 Å². The molecule has 0 bridgehead atoms. The van der Waals surface area contributed by atoms with Gasteiger partial charge in [-0.3, -0.25) is 0 Å². The van der Waals surface area contributed by atoms with Crippen LogP contribution >= 0.6 is 0 Å². The summed E-state index contributed by atoms with van der Waals surface area (Å²) in [6.07, 6.45) is 4.66. The molecule has 2 rings (SSSR count). The van der Waals surface area contributed by atoms with Crippen LogP contribution in [0.2, 0.25) is 0 Å². The first kappa shape index (κ1) is 13.0. The smallest absolute Gasteiger partial charge is 0.341 e. The van der Waals surface area contributed by atoms with Crippen molar-refractivity contribution in [2.24, 2.45) is 0 Å². The number of hydrogen-bond donors (Lipinski definition) is 1. The number of aromatic nitrogens is 4. The van der Waals surface area contributed by atoms with Gasteiger partial charge in [0.05, 0.1) is 18.4 Å². The van der Waals surface area contributed by atoms with Crippen LogP contribution in [0.3, 0.4) is 0 Å². The van der Waals surface area contributed by atoms with Crippen molar-refractivity contribution in [1.29, 1.82) is 0 Å². The molecule has 0 aliphatic carbocycles. The maximum Gasteiger partial charge on any atom is 0.341 e.